The largest absolute Gasteiger partial charge is 0.444 e. The number of carbonyl (C=O) groups excluding carboxylic acids is 1. The maximum absolute atomic E-state index is 12.2. The third-order valence-electron chi connectivity index (χ3n) is 5.33. The second-order valence-corrected chi connectivity index (χ2v) is 11.0. The van der Waals surface area contributed by atoms with Crippen molar-refractivity contribution in [2.24, 2.45) is 11.8 Å². The topological polar surface area (TPSA) is 76.4 Å². The zero-order chi connectivity index (χ0) is 19.4. The van der Waals surface area contributed by atoms with Crippen LogP contribution >= 0.6 is 45.2 Å². The highest BCUT2D eigenvalue weighted by Crippen LogP contribution is 2.58. The Hall–Kier alpha value is -0.100. The van der Waals surface area contributed by atoms with E-state index in [9.17, 15) is 9.90 Å². The number of rotatable bonds is 4. The molecule has 8 heteroatoms. The van der Waals surface area contributed by atoms with Gasteiger partial charge in [-0.05, 0) is 97.1 Å². The number of hydrogen-bond donors (Lipinski definition) is 2. The van der Waals surface area contributed by atoms with E-state index in [2.05, 4.69) is 60.0 Å². The number of amides is 1. The number of alkyl carbamates (subject to hydrolysis) is 1. The van der Waals surface area contributed by atoms with Crippen molar-refractivity contribution in [3.05, 3.63) is 13.2 Å². The molecule has 3 fully saturated rings. The van der Waals surface area contributed by atoms with Crippen molar-refractivity contribution in [2.45, 2.75) is 77.2 Å². The van der Waals surface area contributed by atoms with Gasteiger partial charge in [-0.15, -0.1) is 0 Å². The normalized spacial score (nSPS) is 28.8. The van der Waals surface area contributed by atoms with E-state index in [0.717, 1.165) is 32.5 Å². The van der Waals surface area contributed by atoms with E-state index in [4.69, 9.17) is 4.74 Å². The fourth-order valence-electron chi connectivity index (χ4n) is 4.18. The quantitative estimate of drug-likeness (QED) is 0.519. The van der Waals surface area contributed by atoms with Crippen molar-refractivity contribution in [3.8, 4) is 0 Å². The molecular weight excluding hydrogens is 560 g/mol. The van der Waals surface area contributed by atoms with Crippen molar-refractivity contribution in [3.63, 3.8) is 0 Å². The van der Waals surface area contributed by atoms with Crippen LogP contribution in [0.15, 0.2) is 0 Å². The Morgan fingerprint density at radius 2 is 1.96 bits per heavy atom. The first kappa shape index (κ1) is 20.6. The molecule has 0 aromatic carbocycles. The van der Waals surface area contributed by atoms with Gasteiger partial charge in [0.1, 0.15) is 24.9 Å². The van der Waals surface area contributed by atoms with Crippen LogP contribution in [0.25, 0.3) is 0 Å². The lowest BCUT2D eigenvalue weighted by atomic mass is 9.76. The van der Waals surface area contributed by atoms with E-state index in [0.29, 0.717) is 5.92 Å². The average Bonchev–Trinajstić information content (AvgIpc) is 3.05. The summed E-state index contributed by atoms with van der Waals surface area (Å²) in [5, 5.41) is 13.7. The van der Waals surface area contributed by atoms with Crippen LogP contribution in [0.5, 0.6) is 0 Å². The van der Waals surface area contributed by atoms with Crippen LogP contribution in [0.4, 0.5) is 4.79 Å². The highest BCUT2D eigenvalue weighted by atomic mass is 127. The van der Waals surface area contributed by atoms with Gasteiger partial charge in [-0.3, -0.25) is 0 Å². The number of aliphatic hydroxyl groups is 1. The van der Waals surface area contributed by atoms with Crippen LogP contribution in [0.3, 0.4) is 0 Å². The zero-order valence-corrected chi connectivity index (χ0v) is 20.2. The fraction of sp³-hybridized carbons (Fsp3) is 0.778. The number of fused-ring (bicyclic) bond motifs is 1. The van der Waals surface area contributed by atoms with Crippen molar-refractivity contribution in [1.29, 1.82) is 0 Å². The molecule has 146 valence electrons. The molecule has 0 spiro atoms. The van der Waals surface area contributed by atoms with Gasteiger partial charge in [0.2, 0.25) is 0 Å². The first-order valence-electron chi connectivity index (χ1n) is 9.05. The summed E-state index contributed by atoms with van der Waals surface area (Å²) in [4.78, 5) is 16.8. The van der Waals surface area contributed by atoms with Crippen molar-refractivity contribution in [1.82, 2.24) is 14.9 Å². The number of carbonyl (C=O) groups is 1. The van der Waals surface area contributed by atoms with Crippen molar-refractivity contribution in [2.75, 3.05) is 0 Å². The van der Waals surface area contributed by atoms with Crippen LogP contribution < -0.4 is 5.32 Å². The molecule has 0 radical (unpaired) electrons. The summed E-state index contributed by atoms with van der Waals surface area (Å²) in [5.74, 6) is 1.32. The van der Waals surface area contributed by atoms with Gasteiger partial charge in [-0.25, -0.2) is 9.78 Å². The fourth-order valence-corrected chi connectivity index (χ4v) is 5.55. The Labute approximate surface area is 182 Å². The molecule has 2 atom stereocenters. The average molecular weight is 587 g/mol. The molecule has 3 aliphatic carbocycles. The number of halogens is 2. The second-order valence-electron chi connectivity index (χ2n) is 8.93. The van der Waals surface area contributed by atoms with Crippen LogP contribution in [-0.2, 0) is 10.3 Å². The maximum Gasteiger partial charge on any atom is 0.407 e. The van der Waals surface area contributed by atoms with Crippen LogP contribution in [0.2, 0.25) is 0 Å². The Balaban J connectivity index is 1.80. The van der Waals surface area contributed by atoms with Crippen LogP contribution in [0, 0.1) is 19.2 Å². The number of ether oxygens (including phenoxy) is 1. The predicted octanol–water partition coefficient (Wildman–Crippen LogP) is 4.18. The Bertz CT molecular complexity index is 705. The number of aliphatic hydroxyl groups excluding tert-OH is 1. The van der Waals surface area contributed by atoms with Gasteiger partial charge in [0, 0.05) is 11.6 Å². The van der Waals surface area contributed by atoms with Crippen molar-refractivity contribution < 1.29 is 14.6 Å². The molecule has 26 heavy (non-hydrogen) atoms. The molecule has 3 aliphatic rings. The minimum absolute atomic E-state index is 0.0531. The third-order valence-corrected chi connectivity index (χ3v) is 8.11. The van der Waals surface area contributed by atoms with Crippen LogP contribution in [-0.4, -0.2) is 32.4 Å². The molecule has 1 heterocycles. The zero-order valence-electron chi connectivity index (χ0n) is 15.8. The van der Waals surface area contributed by atoms with E-state index in [1.807, 2.05) is 34.6 Å². The van der Waals surface area contributed by atoms with Gasteiger partial charge in [-0.1, -0.05) is 13.8 Å². The van der Waals surface area contributed by atoms with E-state index in [1.165, 1.54) is 0 Å². The number of imidazole rings is 1. The minimum Gasteiger partial charge on any atom is -0.444 e. The molecule has 0 saturated heterocycles. The molecule has 1 amide bonds. The first-order chi connectivity index (χ1) is 11.9. The molecule has 0 aliphatic heterocycles. The Morgan fingerprint density at radius 1 is 1.35 bits per heavy atom. The SMILES string of the molecule is CC(C)C(O)c1nc(I)c(I)n1C12CC(C1)[C@@H](NC(=O)OC(C)(C)C)C2. The van der Waals surface area contributed by atoms with Gasteiger partial charge in [0.25, 0.3) is 0 Å². The number of nitrogens with one attached hydrogen (secondary N) is 1. The van der Waals surface area contributed by atoms with E-state index in [-0.39, 0.29) is 23.6 Å². The molecule has 1 aromatic heterocycles. The van der Waals surface area contributed by atoms with Gasteiger partial charge in [-0.2, -0.15) is 0 Å². The molecule has 6 nitrogen and oxygen atoms in total. The molecule has 1 aromatic rings. The van der Waals surface area contributed by atoms with E-state index < -0.39 is 11.7 Å². The van der Waals surface area contributed by atoms with Gasteiger partial charge >= 0.3 is 6.09 Å². The summed E-state index contributed by atoms with van der Waals surface area (Å²) in [6.07, 6.45) is 1.94. The smallest absolute Gasteiger partial charge is 0.407 e. The summed E-state index contributed by atoms with van der Waals surface area (Å²) >= 11 is 4.56. The molecule has 2 N–H and O–H groups in total. The summed E-state index contributed by atoms with van der Waals surface area (Å²) in [6.45, 7) is 9.63. The summed E-state index contributed by atoms with van der Waals surface area (Å²) < 4.78 is 9.67. The highest BCUT2D eigenvalue weighted by Gasteiger charge is 2.59. The van der Waals surface area contributed by atoms with Crippen LogP contribution in [0.1, 0.15) is 65.8 Å². The molecule has 3 saturated carbocycles. The Kier molecular flexibility index (Phi) is 5.60. The number of hydrogen-bond acceptors (Lipinski definition) is 4. The maximum atomic E-state index is 12.2. The summed E-state index contributed by atoms with van der Waals surface area (Å²) in [7, 11) is 0. The van der Waals surface area contributed by atoms with Gasteiger partial charge in [0.05, 0.1) is 0 Å². The summed E-state index contributed by atoms with van der Waals surface area (Å²) in [6, 6.07) is 0.116. The lowest BCUT2D eigenvalue weighted by Gasteiger charge is -2.41. The molecule has 4 rings (SSSR count). The third kappa shape index (κ3) is 3.74. The first-order valence-corrected chi connectivity index (χ1v) is 11.2. The molecule has 2 bridgehead atoms. The second kappa shape index (κ2) is 7.06. The van der Waals surface area contributed by atoms with Crippen molar-refractivity contribution >= 4 is 51.3 Å². The monoisotopic (exact) mass is 587 g/mol. The lowest BCUT2D eigenvalue weighted by molar-refractivity contribution is 0.0491. The number of aromatic nitrogens is 2. The standard InChI is InChI=1S/C18H27I2N3O3/c1-9(2)12(24)15-22-13(19)14(20)23(15)18-6-10(7-18)11(8-18)21-16(25)26-17(3,4)5/h9-12,24H,6-8H2,1-5H3,(H,21,25)/t10?,11-,12?,18?/m0/s1. The molecule has 1 unspecified atom stereocenters. The van der Waals surface area contributed by atoms with E-state index in [1.54, 1.807) is 0 Å². The highest BCUT2D eigenvalue weighted by molar-refractivity contribution is 14.1. The lowest BCUT2D eigenvalue weighted by Crippen LogP contribution is -2.42. The van der Waals surface area contributed by atoms with Gasteiger partial charge in [0.15, 0.2) is 0 Å². The van der Waals surface area contributed by atoms with E-state index >= 15 is 0 Å². The summed E-state index contributed by atoms with van der Waals surface area (Å²) in [5.41, 5.74) is -0.545. The minimum atomic E-state index is -0.585. The predicted molar refractivity (Wildman–Crippen MR) is 116 cm³/mol. The molecular formula is C18H27I2N3O3. The van der Waals surface area contributed by atoms with Gasteiger partial charge < -0.3 is 19.7 Å². The Morgan fingerprint density at radius 3 is 2.50 bits per heavy atom. The number of nitrogens with zero attached hydrogens (tertiary/aromatic N) is 2.